The van der Waals surface area contributed by atoms with Crippen LogP contribution < -0.4 is 43.6 Å². The van der Waals surface area contributed by atoms with Crippen molar-refractivity contribution in [2.24, 2.45) is 0 Å². The Kier molecular flexibility index (Phi) is 33.8. The number of aromatic nitrogens is 9. The minimum atomic E-state index is -4.59. The Bertz CT molecular complexity index is 6610. The van der Waals surface area contributed by atoms with Gasteiger partial charge in [-0.05, 0) is 170 Å². The monoisotopic (exact) mass is 2060 g/mol. The molecule has 7 fully saturated rings. The van der Waals surface area contributed by atoms with Crippen molar-refractivity contribution in [2.75, 3.05) is 208 Å². The molecule has 0 bridgehead atoms. The smallest absolute Gasteiger partial charge is 0.418 e. The number of carbonyl (C=O) groups excluding carboxylic acids is 3. The molecule has 0 saturated carbocycles. The summed E-state index contributed by atoms with van der Waals surface area (Å²) in [6, 6.07) is 30.3. The van der Waals surface area contributed by atoms with Crippen molar-refractivity contribution >= 4 is 129 Å². The normalized spacial score (nSPS) is 21.5. The quantitative estimate of drug-likeness (QED) is 0.0335. The van der Waals surface area contributed by atoms with Gasteiger partial charge in [0.2, 0.25) is 31.4 Å². The molecule has 0 aliphatic carbocycles. The number of amides is 3. The first-order chi connectivity index (χ1) is 69.5. The summed E-state index contributed by atoms with van der Waals surface area (Å²) >= 11 is 6.72. The molecule has 1 unspecified atom stereocenters. The maximum Gasteiger partial charge on any atom is 0.418 e. The lowest BCUT2D eigenvalue weighted by Gasteiger charge is -2.41. The van der Waals surface area contributed by atoms with Crippen molar-refractivity contribution < 1.29 is 54.9 Å². The zero-order valence-corrected chi connectivity index (χ0v) is 85.8. The van der Waals surface area contributed by atoms with Gasteiger partial charge in [0, 0.05) is 198 Å². The molecule has 10 aliphatic rings. The molecule has 10 aromatic rings. The predicted octanol–water partition coefficient (Wildman–Crippen LogP) is 14.2. The van der Waals surface area contributed by atoms with E-state index >= 15 is 0 Å². The number of alkyl halides is 5. The Morgan fingerprint density at radius 2 is 1.03 bits per heavy atom. The van der Waals surface area contributed by atoms with Crippen molar-refractivity contribution in [3.8, 4) is 18.0 Å². The molecule has 146 heavy (non-hydrogen) atoms. The van der Waals surface area contributed by atoms with Crippen LogP contribution >= 0.6 is 38.6 Å². The van der Waals surface area contributed by atoms with Gasteiger partial charge in [-0.1, -0.05) is 78.9 Å². The third-order valence-electron chi connectivity index (χ3n) is 29.6. The van der Waals surface area contributed by atoms with Gasteiger partial charge in [0.05, 0.1) is 64.7 Å². The van der Waals surface area contributed by atoms with E-state index in [-0.39, 0.29) is 139 Å². The largest absolute Gasteiger partial charge is 0.462 e. The van der Waals surface area contributed by atoms with Gasteiger partial charge in [0.1, 0.15) is 67.2 Å². The number of hydrogen-bond donors (Lipinski definition) is 1. The van der Waals surface area contributed by atoms with E-state index < -0.39 is 41.4 Å². The molecule has 5 aromatic carbocycles. The average Bonchev–Trinajstić information content (AvgIpc) is 1.38. The first-order valence-corrected chi connectivity index (χ1v) is 49.8. The molecule has 770 valence electrons. The number of anilines is 6. The Balaban J connectivity index is 0.000000156. The average molecular weight is 2060 g/mol. The van der Waals surface area contributed by atoms with E-state index in [0.29, 0.717) is 157 Å². The van der Waals surface area contributed by atoms with Crippen LogP contribution in [0.5, 0.6) is 18.0 Å². The molecule has 1 N–H and O–H groups in total. The molecule has 3 amide bonds. The van der Waals surface area contributed by atoms with E-state index in [4.69, 9.17) is 75.4 Å². The maximum absolute atomic E-state index is 14.8. The van der Waals surface area contributed by atoms with Crippen molar-refractivity contribution in [1.82, 2.24) is 79.4 Å². The number of halogens is 7. The number of carbonyl (C=O) groups is 3. The number of benzene rings is 5. The molecule has 7 saturated heterocycles. The van der Waals surface area contributed by atoms with Gasteiger partial charge in [-0.2, -0.15) is 75.2 Å². The summed E-state index contributed by atoms with van der Waals surface area (Å²) in [5, 5.41) is 12.5. The zero-order valence-electron chi connectivity index (χ0n) is 83.0. The summed E-state index contributed by atoms with van der Waals surface area (Å²) < 4.78 is 104. The second kappa shape index (κ2) is 46.5. The van der Waals surface area contributed by atoms with Crippen LogP contribution in [-0.4, -0.2) is 324 Å². The van der Waals surface area contributed by atoms with E-state index in [9.17, 15) is 40.7 Å². The minimum absolute atomic E-state index is 0. The van der Waals surface area contributed by atoms with Gasteiger partial charge in [-0.15, -0.1) is 0 Å². The van der Waals surface area contributed by atoms with Crippen LogP contribution in [0.3, 0.4) is 0 Å². The highest BCUT2D eigenvalue weighted by molar-refractivity contribution is 7.59. The highest BCUT2D eigenvalue weighted by Gasteiger charge is 2.45. The fourth-order valence-electron chi connectivity index (χ4n) is 22.1. The molecule has 10 aliphatic heterocycles. The number of likely N-dealkylation sites (N-methyl/N-ethyl adjacent to an activating group) is 3. The molecule has 5 aromatic heterocycles. The third kappa shape index (κ3) is 23.7. The summed E-state index contributed by atoms with van der Waals surface area (Å²) in [6.07, 6.45) is 12.7. The minimum Gasteiger partial charge on any atom is -0.462 e. The van der Waals surface area contributed by atoms with Crippen LogP contribution in [0.15, 0.2) is 140 Å². The van der Waals surface area contributed by atoms with Gasteiger partial charge >= 0.3 is 24.2 Å². The summed E-state index contributed by atoms with van der Waals surface area (Å²) in [5.41, 5.74) is 8.37. The number of piperazine rings is 3. The number of aryl methyl sites for hydroxylation is 2. The molecular formula is C106H124ClF6N25O6S2. The fraction of sp³-hybridized carbons (Fsp3) is 0.472. The molecular weight excluding hydrogens is 1930 g/mol. The van der Waals surface area contributed by atoms with E-state index in [1.54, 1.807) is 53.4 Å². The lowest BCUT2D eigenvalue weighted by atomic mass is 9.98. The number of ether oxygens (including phenoxy) is 3. The van der Waals surface area contributed by atoms with Crippen molar-refractivity contribution in [1.29, 1.82) is 0 Å². The number of nitrogens with one attached hydrogen (secondary N) is 1. The number of fused-ring (bicyclic) bond motifs is 6. The van der Waals surface area contributed by atoms with Gasteiger partial charge in [-0.25, -0.2) is 32.9 Å². The SMILES string of the molecule is S.S.[C-]#[N+]C[C@H]1CN(c2nc(OC[C@@H]3CC(C)(F)CN3C)nc3c2CCN(c2cccc4cccc(Cl)c24)C3)CCN1C(=O)/C=C/CN1CC(F)C1.[C-]#[N+]C[C@H]1CN(c2nc(OC[C@@H]3CCCN3C)nc3c2CCN(c2c(C(F)(F)F)c(C)cc4[nH]ncc24)C3)CCN1C(=O)C(=C)F.[C-]#[N+]C[C@H]1CN(c2nc(OC[C@@H]3CCCN3C)nc3c2CCN(c2cccc4cccc(C)c24)C3)CCN1C(=O)/C=C/c1ccncc1. The highest BCUT2D eigenvalue weighted by Crippen LogP contribution is 2.47. The summed E-state index contributed by atoms with van der Waals surface area (Å²) in [6.45, 7) is 43.1. The molecule has 7 atom stereocenters. The first-order valence-electron chi connectivity index (χ1n) is 49.5. The first kappa shape index (κ1) is 106. The van der Waals surface area contributed by atoms with E-state index in [0.717, 1.165) is 114 Å². The number of nitrogens with zero attached hydrogens (tertiary/aromatic N) is 24. The van der Waals surface area contributed by atoms with Crippen LogP contribution in [0.2, 0.25) is 5.02 Å². The predicted molar refractivity (Wildman–Crippen MR) is 564 cm³/mol. The molecule has 20 rings (SSSR count). The van der Waals surface area contributed by atoms with Crippen LogP contribution in [0.1, 0.15) is 95.1 Å². The number of pyridine rings is 1. The third-order valence-corrected chi connectivity index (χ3v) is 29.9. The molecule has 40 heteroatoms. The topological polar surface area (TPSA) is 253 Å². The molecule has 31 nitrogen and oxygen atoms in total. The molecule has 0 spiro atoms. The van der Waals surface area contributed by atoms with Crippen LogP contribution in [0, 0.1) is 33.6 Å². The highest BCUT2D eigenvalue weighted by atomic mass is 35.5. The Hall–Kier alpha value is -12.8. The zero-order chi connectivity index (χ0) is 101. The van der Waals surface area contributed by atoms with E-state index in [1.165, 1.54) is 52.5 Å². The lowest BCUT2D eigenvalue weighted by Crippen LogP contribution is -2.57. The van der Waals surface area contributed by atoms with Gasteiger partial charge in [0.15, 0.2) is 5.83 Å². The van der Waals surface area contributed by atoms with Crippen molar-refractivity contribution in [2.45, 2.75) is 146 Å². The number of rotatable bonds is 24. The van der Waals surface area contributed by atoms with E-state index in [1.807, 2.05) is 64.0 Å². The summed E-state index contributed by atoms with van der Waals surface area (Å²) in [5.74, 6) is 0.0168. The van der Waals surface area contributed by atoms with Crippen molar-refractivity contribution in [3.05, 3.63) is 236 Å². The fourth-order valence-corrected chi connectivity index (χ4v) is 22.4. The number of aromatic amines is 1. The Morgan fingerprint density at radius 3 is 1.51 bits per heavy atom. The van der Waals surface area contributed by atoms with Gasteiger partial charge in [0.25, 0.3) is 5.91 Å². The summed E-state index contributed by atoms with van der Waals surface area (Å²) in [4.78, 5) is 110. The Labute approximate surface area is 865 Å². The van der Waals surface area contributed by atoms with Gasteiger partial charge in [-0.3, -0.25) is 34.3 Å². The maximum atomic E-state index is 14.8. The molecule has 15 heterocycles. The number of likely N-dealkylation sites (tertiary alicyclic amines) is 4. The van der Waals surface area contributed by atoms with Crippen molar-refractivity contribution in [3.63, 3.8) is 0 Å². The standard InChI is InChI=1S/C38H42N8O2.C37H43ClF2N8O2.C31H35F4N9O2.2H2S/c1-27-7-4-8-29-9-5-11-34(36(27)29)44-20-16-32-33(25-44)41-38(48-26-30-10-6-19-43(30)3)42-37(32)45-21-22-46(31(24-45)23-39-2)35(47)13-12-28-14-17-40-18-15-28;1-37(40)17-27(44(3)24-37)23-50-36-42-31-22-46(32-10-5-8-25-7-4-9-30(38)34(25)32)14-12-29(31)35(43-36)47-15-16-48(28(21-47)18-41-2)33(49)11-6-13-45-19-26(39)20-45;1-18-12-24-23(14-37-40-24)27(26(18)31(33,34)35)42-9-7-22-25(16-42)38-30(46-17-20-6-5-8-41(20)4)39-28(22)43-10-11-44(29(45)19(2)32)21(15-43)13-36-3;;/h4-5,7-9,11-15,17-18,30-31H,6,10,16,19-26H2,1,3H3;4-11,26-28H,12-24H2,1,3H3;12,14,20-21H,2,5-11,13,15-17H2,1,4H3,(H,37,40);2*1H2/b13-12+;11-6+;;;/t30-,31-;27-,28-,37?;20-,21-;;/m000../s1. The second-order valence-electron chi connectivity index (χ2n) is 39.4. The van der Waals surface area contributed by atoms with Crippen LogP contribution in [0.4, 0.5) is 60.9 Å². The van der Waals surface area contributed by atoms with E-state index in [2.05, 4.69) is 134 Å². The summed E-state index contributed by atoms with van der Waals surface area (Å²) in [7, 11) is 6.08. The number of hydrogen-bond acceptors (Lipinski definition) is 24. The second-order valence-corrected chi connectivity index (χ2v) is 39.8. The van der Waals surface area contributed by atoms with Gasteiger partial charge < -0.3 is 82.6 Å². The molecule has 0 radical (unpaired) electrons. The van der Waals surface area contributed by atoms with Crippen LogP contribution in [0.25, 0.3) is 53.1 Å². The lowest BCUT2D eigenvalue weighted by molar-refractivity contribution is -0.137. The Morgan fingerprint density at radius 1 is 0.562 bits per heavy atom. The van der Waals surface area contributed by atoms with Crippen LogP contribution in [-0.2, 0) is 59.5 Å². The number of H-pyrrole nitrogens is 1.